The Morgan fingerprint density at radius 3 is 2.55 bits per heavy atom. The number of benzene rings is 2. The highest BCUT2D eigenvalue weighted by molar-refractivity contribution is 7.91. The van der Waals surface area contributed by atoms with E-state index in [2.05, 4.69) is 15.6 Å². The van der Waals surface area contributed by atoms with Crippen molar-refractivity contribution in [3.63, 3.8) is 0 Å². The number of halogens is 4. The number of aromatic nitrogens is 2. The first-order valence-corrected chi connectivity index (χ1v) is 14.3. The van der Waals surface area contributed by atoms with E-state index in [0.717, 1.165) is 6.07 Å². The van der Waals surface area contributed by atoms with Crippen LogP contribution in [0, 0.1) is 5.92 Å². The van der Waals surface area contributed by atoms with Crippen molar-refractivity contribution in [1.82, 2.24) is 20.2 Å². The van der Waals surface area contributed by atoms with Crippen molar-refractivity contribution in [2.75, 3.05) is 18.8 Å². The molecule has 4 rings (SSSR count). The number of rotatable bonds is 8. The number of H-pyrrole nitrogens is 1. The van der Waals surface area contributed by atoms with Crippen molar-refractivity contribution in [1.29, 1.82) is 0 Å². The molecule has 1 amide bonds. The molecule has 2 atom stereocenters. The maximum Gasteiger partial charge on any atom is 0.416 e. The highest BCUT2D eigenvalue weighted by Crippen LogP contribution is 2.35. The summed E-state index contributed by atoms with van der Waals surface area (Å²) in [4.78, 5) is 39.9. The standard InChI is InChI=1S/C25H26ClF3N4O6S/c1-2-40(38,39)21-4-3-16(26)7-15(21)12-33-22(34)17-10-18(25(27,28)29)14(9-20(17)31-23(33)35)8-19(32-24(36)37)13-5-6-30-11-13/h3-4,7,9-10,13,19,30,32H,2,5-6,8,11-12H2,1H3,(H,31,35)(H,36,37)/t13?,19-/m0/s1. The number of fused-ring (bicyclic) bond motifs is 1. The fourth-order valence-corrected chi connectivity index (χ4v) is 6.28. The number of aromatic amines is 1. The van der Waals surface area contributed by atoms with Gasteiger partial charge in [0.1, 0.15) is 0 Å². The fourth-order valence-electron chi connectivity index (χ4n) is 4.97. The quantitative estimate of drug-likeness (QED) is 0.309. The topological polar surface area (TPSA) is 150 Å². The van der Waals surface area contributed by atoms with Gasteiger partial charge in [0.15, 0.2) is 9.84 Å². The number of carboxylic acid groups (broad SMARTS) is 1. The van der Waals surface area contributed by atoms with E-state index in [1.165, 1.54) is 25.1 Å². The van der Waals surface area contributed by atoms with Crippen molar-refractivity contribution in [3.05, 3.63) is 72.9 Å². The largest absolute Gasteiger partial charge is 0.465 e. The third kappa shape index (κ3) is 6.18. The Morgan fingerprint density at radius 1 is 1.23 bits per heavy atom. The maximum atomic E-state index is 14.2. The fraction of sp³-hybridized carbons (Fsp3) is 0.400. The Hall–Kier alpha value is -3.36. The third-order valence-electron chi connectivity index (χ3n) is 6.99. The van der Waals surface area contributed by atoms with Crippen LogP contribution in [-0.2, 0) is 29.0 Å². The second-order valence-corrected chi connectivity index (χ2v) is 12.2. The first kappa shape index (κ1) is 29.6. The van der Waals surface area contributed by atoms with Gasteiger partial charge in [-0.25, -0.2) is 18.0 Å². The average Bonchev–Trinajstić information content (AvgIpc) is 3.40. The van der Waals surface area contributed by atoms with Gasteiger partial charge in [0.05, 0.1) is 33.7 Å². The highest BCUT2D eigenvalue weighted by Gasteiger charge is 2.36. The van der Waals surface area contributed by atoms with Crippen LogP contribution in [0.5, 0.6) is 0 Å². The minimum Gasteiger partial charge on any atom is -0.465 e. The first-order valence-electron chi connectivity index (χ1n) is 12.3. The van der Waals surface area contributed by atoms with Crippen LogP contribution in [0.1, 0.15) is 30.0 Å². The summed E-state index contributed by atoms with van der Waals surface area (Å²) in [5.74, 6) is -0.525. The number of hydrogen-bond donors (Lipinski definition) is 4. The lowest BCUT2D eigenvalue weighted by molar-refractivity contribution is -0.138. The maximum absolute atomic E-state index is 14.2. The lowest BCUT2D eigenvalue weighted by Gasteiger charge is -2.25. The molecule has 1 aromatic heterocycles. The second-order valence-electron chi connectivity index (χ2n) is 9.54. The molecule has 1 saturated heterocycles. The van der Waals surface area contributed by atoms with Crippen molar-refractivity contribution in [2.45, 2.75) is 43.4 Å². The van der Waals surface area contributed by atoms with E-state index >= 15 is 0 Å². The minimum atomic E-state index is -4.89. The van der Waals surface area contributed by atoms with Crippen molar-refractivity contribution in [3.8, 4) is 0 Å². The molecule has 1 aliphatic heterocycles. The van der Waals surface area contributed by atoms with Crippen LogP contribution in [0.2, 0.25) is 5.02 Å². The van der Waals surface area contributed by atoms with E-state index in [9.17, 15) is 41.1 Å². The Balaban J connectivity index is 1.85. The molecule has 15 heteroatoms. The zero-order valence-corrected chi connectivity index (χ0v) is 22.7. The molecule has 0 saturated carbocycles. The molecule has 0 aliphatic carbocycles. The summed E-state index contributed by atoms with van der Waals surface area (Å²) in [6.07, 6.45) is -6.04. The molecule has 2 heterocycles. The third-order valence-corrected chi connectivity index (χ3v) is 9.06. The van der Waals surface area contributed by atoms with Crippen LogP contribution in [-0.4, -0.2) is 54.1 Å². The van der Waals surface area contributed by atoms with Crippen LogP contribution < -0.4 is 21.9 Å². The summed E-state index contributed by atoms with van der Waals surface area (Å²) < 4.78 is 68.3. The number of amides is 1. The molecule has 216 valence electrons. The van der Waals surface area contributed by atoms with Gasteiger partial charge in [0, 0.05) is 11.1 Å². The van der Waals surface area contributed by atoms with Gasteiger partial charge in [-0.3, -0.25) is 9.36 Å². The van der Waals surface area contributed by atoms with E-state index in [4.69, 9.17) is 11.6 Å². The van der Waals surface area contributed by atoms with Crippen molar-refractivity contribution in [2.24, 2.45) is 5.92 Å². The first-order chi connectivity index (χ1) is 18.7. The lowest BCUT2D eigenvalue weighted by atomic mass is 9.90. The highest BCUT2D eigenvalue weighted by atomic mass is 35.5. The number of sulfone groups is 1. The molecule has 4 N–H and O–H groups in total. The summed E-state index contributed by atoms with van der Waals surface area (Å²) >= 11 is 6.02. The zero-order valence-electron chi connectivity index (χ0n) is 21.1. The van der Waals surface area contributed by atoms with Crippen LogP contribution in [0.3, 0.4) is 0 Å². The SMILES string of the molecule is CCS(=O)(=O)c1ccc(Cl)cc1Cn1c(=O)[nH]c2cc(C[C@H](NC(=O)O)C3CCNC3)c(C(F)(F)F)cc2c1=O. The monoisotopic (exact) mass is 602 g/mol. The normalized spacial score (nSPS) is 16.8. The van der Waals surface area contributed by atoms with E-state index < -0.39 is 56.9 Å². The second kappa shape index (κ2) is 11.3. The van der Waals surface area contributed by atoms with Gasteiger partial charge in [0.2, 0.25) is 0 Å². The smallest absolute Gasteiger partial charge is 0.416 e. The van der Waals surface area contributed by atoms with Gasteiger partial charge in [0.25, 0.3) is 5.56 Å². The Labute approximate surface area is 231 Å². The van der Waals surface area contributed by atoms with Gasteiger partial charge in [-0.2, -0.15) is 13.2 Å². The zero-order chi connectivity index (χ0) is 29.4. The number of alkyl halides is 3. The van der Waals surface area contributed by atoms with Crippen LogP contribution in [0.15, 0.2) is 44.8 Å². The van der Waals surface area contributed by atoms with Gasteiger partial charge >= 0.3 is 18.0 Å². The molecule has 0 bridgehead atoms. The predicted molar refractivity (Wildman–Crippen MR) is 142 cm³/mol. The van der Waals surface area contributed by atoms with Gasteiger partial charge < -0.3 is 20.7 Å². The number of hydrogen-bond acceptors (Lipinski definition) is 6. The van der Waals surface area contributed by atoms with Gasteiger partial charge in [-0.15, -0.1) is 0 Å². The van der Waals surface area contributed by atoms with Crippen LogP contribution in [0.4, 0.5) is 18.0 Å². The van der Waals surface area contributed by atoms with E-state index in [1.807, 2.05) is 0 Å². The average molecular weight is 603 g/mol. The number of carbonyl (C=O) groups is 1. The summed E-state index contributed by atoms with van der Waals surface area (Å²) in [7, 11) is -3.78. The molecule has 40 heavy (non-hydrogen) atoms. The molecule has 1 unspecified atom stereocenters. The van der Waals surface area contributed by atoms with Crippen molar-refractivity contribution < 1.29 is 31.5 Å². The predicted octanol–water partition coefficient (Wildman–Crippen LogP) is 2.99. The molecule has 3 aromatic rings. The Bertz CT molecular complexity index is 1680. The lowest BCUT2D eigenvalue weighted by Crippen LogP contribution is -2.42. The summed E-state index contributed by atoms with van der Waals surface area (Å²) in [6, 6.07) is 4.68. The Kier molecular flexibility index (Phi) is 8.33. The van der Waals surface area contributed by atoms with Crippen LogP contribution in [0.25, 0.3) is 10.9 Å². The van der Waals surface area contributed by atoms with Gasteiger partial charge in [-0.05, 0) is 73.3 Å². The van der Waals surface area contributed by atoms with E-state index in [-0.39, 0.29) is 44.7 Å². The molecule has 0 radical (unpaired) electrons. The van der Waals surface area contributed by atoms with Gasteiger partial charge in [-0.1, -0.05) is 18.5 Å². The van der Waals surface area contributed by atoms with Crippen LogP contribution >= 0.6 is 11.6 Å². The molecule has 1 fully saturated rings. The molecular weight excluding hydrogens is 577 g/mol. The van der Waals surface area contributed by atoms with Crippen molar-refractivity contribution >= 4 is 38.4 Å². The number of nitrogens with zero attached hydrogens (tertiary/aromatic N) is 1. The van der Waals surface area contributed by atoms with E-state index in [0.29, 0.717) is 30.1 Å². The summed E-state index contributed by atoms with van der Waals surface area (Å²) in [5, 5.41) is 14.3. The molecule has 0 spiro atoms. The Morgan fingerprint density at radius 2 is 1.95 bits per heavy atom. The summed E-state index contributed by atoms with van der Waals surface area (Å²) in [5.41, 5.74) is -3.60. The molecule has 1 aliphatic rings. The molecular formula is C25H26ClF3N4O6S. The summed E-state index contributed by atoms with van der Waals surface area (Å²) in [6.45, 7) is 1.87. The number of nitrogens with one attached hydrogen (secondary N) is 3. The van der Waals surface area contributed by atoms with E-state index in [1.54, 1.807) is 0 Å². The molecule has 10 nitrogen and oxygen atoms in total. The minimum absolute atomic E-state index is 0.0294. The molecule has 2 aromatic carbocycles.